The van der Waals surface area contributed by atoms with E-state index >= 15 is 0 Å². The third-order valence-corrected chi connectivity index (χ3v) is 5.60. The Kier molecular flexibility index (Phi) is 4.21. The quantitative estimate of drug-likeness (QED) is 0.801. The molecule has 15 heavy (non-hydrogen) atoms. The molecule has 0 aromatic heterocycles. The maximum atomic E-state index is 11.8. The third-order valence-electron chi connectivity index (χ3n) is 3.86. The van der Waals surface area contributed by atoms with E-state index in [9.17, 15) is 4.21 Å². The lowest BCUT2D eigenvalue weighted by Crippen LogP contribution is -2.45. The second-order valence-corrected chi connectivity index (χ2v) is 6.95. The Morgan fingerprint density at radius 2 is 1.80 bits per heavy atom. The number of nitrogens with one attached hydrogen (secondary N) is 1. The summed E-state index contributed by atoms with van der Waals surface area (Å²) in [7, 11) is -0.573. The van der Waals surface area contributed by atoms with Gasteiger partial charge in [-0.15, -0.1) is 0 Å². The first-order valence-electron chi connectivity index (χ1n) is 6.42. The number of rotatable bonds is 4. The van der Waals surface area contributed by atoms with Crippen molar-refractivity contribution in [1.29, 1.82) is 0 Å². The van der Waals surface area contributed by atoms with Crippen LogP contribution in [0.3, 0.4) is 0 Å². The summed E-state index contributed by atoms with van der Waals surface area (Å²) >= 11 is 0. The predicted octanol–water partition coefficient (Wildman–Crippen LogP) is 2.21. The molecule has 0 aromatic rings. The number of hydrogen-bond donors (Lipinski definition) is 1. The Morgan fingerprint density at radius 1 is 1.13 bits per heavy atom. The first kappa shape index (κ1) is 11.6. The van der Waals surface area contributed by atoms with Crippen molar-refractivity contribution in [2.45, 2.75) is 69.2 Å². The largest absolute Gasteiger partial charge is 0.311 e. The highest BCUT2D eigenvalue weighted by Crippen LogP contribution is 2.26. The van der Waals surface area contributed by atoms with E-state index in [-0.39, 0.29) is 0 Å². The van der Waals surface area contributed by atoms with Gasteiger partial charge in [-0.2, -0.15) is 0 Å². The van der Waals surface area contributed by atoms with Crippen molar-refractivity contribution >= 4 is 10.8 Å². The lowest BCUT2D eigenvalue weighted by atomic mass is 9.89. The molecule has 0 aliphatic heterocycles. The van der Waals surface area contributed by atoms with Crippen LogP contribution >= 0.6 is 0 Å². The summed E-state index contributed by atoms with van der Waals surface area (Å²) in [6.07, 6.45) is 9.01. The first-order chi connectivity index (χ1) is 7.29. The fourth-order valence-corrected chi connectivity index (χ4v) is 4.03. The zero-order valence-electron chi connectivity index (χ0n) is 9.71. The average molecular weight is 229 g/mol. The maximum Gasteiger partial charge on any atom is 0.0362 e. The molecule has 2 nitrogen and oxygen atoms in total. The van der Waals surface area contributed by atoms with E-state index in [0.29, 0.717) is 11.3 Å². The van der Waals surface area contributed by atoms with Gasteiger partial charge in [-0.3, -0.25) is 4.21 Å². The van der Waals surface area contributed by atoms with Gasteiger partial charge in [-0.1, -0.05) is 19.8 Å². The topological polar surface area (TPSA) is 29.1 Å². The molecule has 0 heterocycles. The Bertz CT molecular complexity index is 228. The van der Waals surface area contributed by atoms with Gasteiger partial charge in [0.2, 0.25) is 0 Å². The van der Waals surface area contributed by atoms with Crippen molar-refractivity contribution < 1.29 is 4.21 Å². The minimum absolute atomic E-state index is 0.473. The van der Waals surface area contributed by atoms with Crippen LogP contribution < -0.4 is 5.32 Å². The molecular formula is C12H23NOS. The molecule has 0 spiro atoms. The fourth-order valence-electron chi connectivity index (χ4n) is 2.68. The molecule has 0 saturated heterocycles. The van der Waals surface area contributed by atoms with Crippen LogP contribution in [-0.2, 0) is 10.8 Å². The average Bonchev–Trinajstić information content (AvgIpc) is 2.23. The molecule has 0 radical (unpaired) electrons. The van der Waals surface area contributed by atoms with Crippen LogP contribution in [0.4, 0.5) is 0 Å². The van der Waals surface area contributed by atoms with Crippen LogP contribution in [0.5, 0.6) is 0 Å². The molecule has 88 valence electrons. The smallest absolute Gasteiger partial charge is 0.0362 e. The second-order valence-electron chi connectivity index (χ2n) is 4.95. The van der Waals surface area contributed by atoms with Gasteiger partial charge in [-0.05, 0) is 32.1 Å². The van der Waals surface area contributed by atoms with E-state index < -0.39 is 10.8 Å². The SMILES string of the molecule is CCS(=O)C1CCCC(NC2CCC2)C1. The van der Waals surface area contributed by atoms with Crippen LogP contribution in [0.15, 0.2) is 0 Å². The lowest BCUT2D eigenvalue weighted by molar-refractivity contribution is 0.268. The second kappa shape index (κ2) is 5.44. The zero-order chi connectivity index (χ0) is 10.7. The summed E-state index contributed by atoms with van der Waals surface area (Å²) in [4.78, 5) is 0. The minimum Gasteiger partial charge on any atom is -0.311 e. The molecule has 1 N–H and O–H groups in total. The Morgan fingerprint density at radius 3 is 2.40 bits per heavy atom. The summed E-state index contributed by atoms with van der Waals surface area (Å²) in [5.41, 5.74) is 0. The molecule has 2 rings (SSSR count). The van der Waals surface area contributed by atoms with Crippen LogP contribution in [0.2, 0.25) is 0 Å². The Hall–Kier alpha value is 0.110. The molecule has 0 bridgehead atoms. The van der Waals surface area contributed by atoms with Crippen molar-refractivity contribution in [2.75, 3.05) is 5.75 Å². The number of hydrogen-bond acceptors (Lipinski definition) is 2. The molecule has 2 saturated carbocycles. The van der Waals surface area contributed by atoms with Gasteiger partial charge in [0.15, 0.2) is 0 Å². The van der Waals surface area contributed by atoms with Gasteiger partial charge in [0.1, 0.15) is 0 Å². The third kappa shape index (κ3) is 3.04. The van der Waals surface area contributed by atoms with Crippen molar-refractivity contribution in [2.24, 2.45) is 0 Å². The molecule has 2 aliphatic rings. The highest BCUT2D eigenvalue weighted by molar-refractivity contribution is 7.85. The van der Waals surface area contributed by atoms with E-state index in [0.717, 1.165) is 18.2 Å². The summed E-state index contributed by atoms with van der Waals surface area (Å²) in [6, 6.07) is 1.44. The normalized spacial score (nSPS) is 34.7. The minimum atomic E-state index is -0.573. The summed E-state index contributed by atoms with van der Waals surface area (Å²) < 4.78 is 11.8. The Labute approximate surface area is 95.7 Å². The van der Waals surface area contributed by atoms with Gasteiger partial charge in [0.25, 0.3) is 0 Å². The van der Waals surface area contributed by atoms with Crippen LogP contribution in [-0.4, -0.2) is 27.3 Å². The zero-order valence-corrected chi connectivity index (χ0v) is 10.5. The van der Waals surface area contributed by atoms with Gasteiger partial charge >= 0.3 is 0 Å². The predicted molar refractivity (Wildman–Crippen MR) is 65.5 cm³/mol. The van der Waals surface area contributed by atoms with Crippen molar-refractivity contribution in [3.05, 3.63) is 0 Å². The molecule has 3 atom stereocenters. The standard InChI is InChI=1S/C12H23NOS/c1-2-15(14)12-8-4-7-11(9-12)13-10-5-3-6-10/h10-13H,2-9H2,1H3. The lowest BCUT2D eigenvalue weighted by Gasteiger charge is -2.35. The van der Waals surface area contributed by atoms with Gasteiger partial charge < -0.3 is 5.32 Å². The highest BCUT2D eigenvalue weighted by Gasteiger charge is 2.28. The van der Waals surface area contributed by atoms with Gasteiger partial charge in [0, 0.05) is 33.9 Å². The summed E-state index contributed by atoms with van der Waals surface area (Å²) in [5, 5.41) is 4.20. The monoisotopic (exact) mass is 229 g/mol. The molecule has 3 heteroatoms. The first-order valence-corrected chi connectivity index (χ1v) is 7.81. The molecule has 3 unspecified atom stereocenters. The fraction of sp³-hybridized carbons (Fsp3) is 1.00. The van der Waals surface area contributed by atoms with Crippen LogP contribution in [0.25, 0.3) is 0 Å². The molecule has 2 aliphatic carbocycles. The summed E-state index contributed by atoms with van der Waals surface area (Å²) in [5.74, 6) is 0.834. The van der Waals surface area contributed by atoms with Gasteiger partial charge in [-0.25, -0.2) is 0 Å². The Balaban J connectivity index is 1.78. The van der Waals surface area contributed by atoms with E-state index in [1.807, 2.05) is 6.92 Å². The molecule has 0 aromatic carbocycles. The maximum absolute atomic E-state index is 11.8. The molecule has 2 fully saturated rings. The van der Waals surface area contributed by atoms with E-state index in [4.69, 9.17) is 0 Å². The summed E-state index contributed by atoms with van der Waals surface area (Å²) in [6.45, 7) is 2.04. The van der Waals surface area contributed by atoms with Crippen molar-refractivity contribution in [1.82, 2.24) is 5.32 Å². The highest BCUT2D eigenvalue weighted by atomic mass is 32.2. The van der Waals surface area contributed by atoms with E-state index in [1.54, 1.807) is 0 Å². The van der Waals surface area contributed by atoms with Crippen LogP contribution in [0, 0.1) is 0 Å². The van der Waals surface area contributed by atoms with Crippen molar-refractivity contribution in [3.8, 4) is 0 Å². The molecule has 0 amide bonds. The van der Waals surface area contributed by atoms with E-state index in [2.05, 4.69) is 5.32 Å². The van der Waals surface area contributed by atoms with Crippen molar-refractivity contribution in [3.63, 3.8) is 0 Å². The van der Waals surface area contributed by atoms with Crippen LogP contribution in [0.1, 0.15) is 51.9 Å². The van der Waals surface area contributed by atoms with Gasteiger partial charge in [0.05, 0.1) is 0 Å². The van der Waals surface area contributed by atoms with E-state index in [1.165, 1.54) is 38.5 Å². The molecular weight excluding hydrogens is 206 g/mol.